The summed E-state index contributed by atoms with van der Waals surface area (Å²) in [5.74, 6) is 2.52. The van der Waals surface area contributed by atoms with Gasteiger partial charge in [0, 0.05) is 49.1 Å². The first kappa shape index (κ1) is 23.4. The van der Waals surface area contributed by atoms with Gasteiger partial charge in [0.15, 0.2) is 5.82 Å². The highest BCUT2D eigenvalue weighted by Gasteiger charge is 2.29. The van der Waals surface area contributed by atoms with Crippen molar-refractivity contribution < 1.29 is 9.47 Å². The van der Waals surface area contributed by atoms with E-state index in [0.29, 0.717) is 37.4 Å². The molecule has 3 N–H and O–H groups in total. The van der Waals surface area contributed by atoms with Gasteiger partial charge in [0.1, 0.15) is 12.4 Å². The molecule has 2 heterocycles. The van der Waals surface area contributed by atoms with E-state index in [9.17, 15) is 0 Å². The maximum Gasteiger partial charge on any atom is 0.218 e. The van der Waals surface area contributed by atoms with E-state index in [1.807, 2.05) is 25.1 Å². The maximum atomic E-state index is 5.92. The summed E-state index contributed by atoms with van der Waals surface area (Å²) >= 11 is 0. The number of ether oxygens (including phenoxy) is 2. The number of nitrogens with one attached hydrogen (secondary N) is 1. The quantitative estimate of drug-likeness (QED) is 0.683. The Balaban J connectivity index is 0.00000182. The van der Waals surface area contributed by atoms with Gasteiger partial charge in [-0.1, -0.05) is 6.07 Å². The van der Waals surface area contributed by atoms with Crippen LogP contribution >= 0.6 is 24.8 Å². The van der Waals surface area contributed by atoms with Gasteiger partial charge < -0.3 is 20.5 Å². The number of nitrogens with two attached hydrogens (primary N) is 1. The van der Waals surface area contributed by atoms with Crippen molar-refractivity contribution in [2.24, 2.45) is 5.73 Å². The van der Waals surface area contributed by atoms with E-state index in [-0.39, 0.29) is 30.9 Å². The fourth-order valence-corrected chi connectivity index (χ4v) is 2.93. The fourth-order valence-electron chi connectivity index (χ4n) is 2.93. The van der Waals surface area contributed by atoms with Gasteiger partial charge in [0.25, 0.3) is 0 Å². The van der Waals surface area contributed by atoms with Crippen molar-refractivity contribution in [3.05, 3.63) is 41.5 Å². The fraction of sp³-hybridized carbons (Fsp3) is 0.500. The molecule has 0 radical (unpaired) electrons. The second-order valence-electron chi connectivity index (χ2n) is 6.21. The third-order valence-electron chi connectivity index (χ3n) is 4.25. The van der Waals surface area contributed by atoms with Gasteiger partial charge in [0.05, 0.1) is 6.61 Å². The SMILES string of the molecule is CCOc1ncccc1CNc1cc(C2CC(N)C2)nc(COC)n1.Cl.Cl. The molecule has 0 bridgehead atoms. The first-order valence-corrected chi connectivity index (χ1v) is 8.62. The number of anilines is 1. The Labute approximate surface area is 172 Å². The van der Waals surface area contributed by atoms with E-state index in [1.165, 1.54) is 0 Å². The summed E-state index contributed by atoms with van der Waals surface area (Å²) in [6.45, 7) is 3.50. The largest absolute Gasteiger partial charge is 0.478 e. The molecule has 0 spiro atoms. The van der Waals surface area contributed by atoms with Crippen LogP contribution in [0, 0.1) is 0 Å². The minimum absolute atomic E-state index is 0. The number of pyridine rings is 1. The number of halogens is 2. The number of nitrogens with zero attached hydrogens (tertiary/aromatic N) is 3. The molecule has 1 aliphatic rings. The summed E-state index contributed by atoms with van der Waals surface area (Å²) in [6.07, 6.45) is 3.67. The molecule has 0 amide bonds. The molecule has 0 aromatic carbocycles. The van der Waals surface area contributed by atoms with Gasteiger partial charge in [-0.15, -0.1) is 24.8 Å². The average Bonchev–Trinajstić information content (AvgIpc) is 2.59. The van der Waals surface area contributed by atoms with Gasteiger partial charge in [-0.3, -0.25) is 0 Å². The normalized spacial score (nSPS) is 17.9. The molecular formula is C18H27Cl2N5O2. The lowest BCUT2D eigenvalue weighted by Gasteiger charge is -2.32. The Kier molecular flexibility index (Phi) is 9.73. The molecule has 0 unspecified atom stereocenters. The van der Waals surface area contributed by atoms with Crippen LogP contribution in [-0.4, -0.2) is 34.7 Å². The number of rotatable bonds is 8. The van der Waals surface area contributed by atoms with Crippen LogP contribution in [0.4, 0.5) is 5.82 Å². The first-order valence-electron chi connectivity index (χ1n) is 8.62. The van der Waals surface area contributed by atoms with Gasteiger partial charge in [0.2, 0.25) is 5.88 Å². The Morgan fingerprint density at radius 1 is 1.26 bits per heavy atom. The van der Waals surface area contributed by atoms with Gasteiger partial charge in [-0.05, 0) is 25.8 Å². The molecule has 2 aromatic heterocycles. The third-order valence-corrected chi connectivity index (χ3v) is 4.25. The highest BCUT2D eigenvalue weighted by atomic mass is 35.5. The average molecular weight is 416 g/mol. The van der Waals surface area contributed by atoms with E-state index in [2.05, 4.69) is 20.3 Å². The zero-order valence-electron chi connectivity index (χ0n) is 15.6. The molecule has 3 rings (SSSR count). The molecule has 0 aliphatic heterocycles. The van der Waals surface area contributed by atoms with E-state index >= 15 is 0 Å². The number of hydrogen-bond acceptors (Lipinski definition) is 7. The van der Waals surface area contributed by atoms with E-state index in [4.69, 9.17) is 15.2 Å². The zero-order valence-corrected chi connectivity index (χ0v) is 17.2. The van der Waals surface area contributed by atoms with Crippen LogP contribution < -0.4 is 15.8 Å². The van der Waals surface area contributed by atoms with Crippen molar-refractivity contribution in [2.75, 3.05) is 19.0 Å². The molecule has 2 aromatic rings. The summed E-state index contributed by atoms with van der Waals surface area (Å²) in [5.41, 5.74) is 7.94. The summed E-state index contributed by atoms with van der Waals surface area (Å²) < 4.78 is 10.8. The van der Waals surface area contributed by atoms with Gasteiger partial charge in [-0.2, -0.15) is 0 Å². The zero-order chi connectivity index (χ0) is 17.6. The Bertz CT molecular complexity index is 714. The second-order valence-corrected chi connectivity index (χ2v) is 6.21. The van der Waals surface area contributed by atoms with Crippen LogP contribution in [0.3, 0.4) is 0 Å². The summed E-state index contributed by atoms with van der Waals surface area (Å²) in [7, 11) is 1.65. The predicted molar refractivity (Wildman–Crippen MR) is 110 cm³/mol. The number of aromatic nitrogens is 3. The van der Waals surface area contributed by atoms with Crippen LogP contribution in [0.15, 0.2) is 24.4 Å². The lowest BCUT2D eigenvalue weighted by atomic mass is 9.78. The molecule has 150 valence electrons. The summed E-state index contributed by atoms with van der Waals surface area (Å²) in [5, 5.41) is 3.36. The van der Waals surface area contributed by atoms with Crippen molar-refractivity contribution >= 4 is 30.6 Å². The van der Waals surface area contributed by atoms with Crippen LogP contribution in [0.25, 0.3) is 0 Å². The Morgan fingerprint density at radius 3 is 2.70 bits per heavy atom. The lowest BCUT2D eigenvalue weighted by molar-refractivity contribution is 0.177. The number of methoxy groups -OCH3 is 1. The van der Waals surface area contributed by atoms with Crippen LogP contribution in [0.1, 0.15) is 42.8 Å². The second kappa shape index (κ2) is 11.2. The summed E-state index contributed by atoms with van der Waals surface area (Å²) in [6, 6.07) is 6.18. The highest BCUT2D eigenvalue weighted by molar-refractivity contribution is 5.85. The smallest absolute Gasteiger partial charge is 0.218 e. The topological polar surface area (TPSA) is 95.2 Å². The maximum absolute atomic E-state index is 5.92. The minimum atomic E-state index is 0. The highest BCUT2D eigenvalue weighted by Crippen LogP contribution is 2.35. The molecule has 1 aliphatic carbocycles. The van der Waals surface area contributed by atoms with Crippen molar-refractivity contribution in [3.8, 4) is 5.88 Å². The van der Waals surface area contributed by atoms with Crippen molar-refractivity contribution in [3.63, 3.8) is 0 Å². The third kappa shape index (κ3) is 6.17. The predicted octanol–water partition coefficient (Wildman–Crippen LogP) is 3.08. The minimum Gasteiger partial charge on any atom is -0.478 e. The van der Waals surface area contributed by atoms with E-state index in [1.54, 1.807) is 13.3 Å². The van der Waals surface area contributed by atoms with Crippen LogP contribution in [0.5, 0.6) is 5.88 Å². The first-order chi connectivity index (χ1) is 12.2. The van der Waals surface area contributed by atoms with Gasteiger partial charge >= 0.3 is 0 Å². The van der Waals surface area contributed by atoms with E-state index < -0.39 is 0 Å². The number of hydrogen-bond donors (Lipinski definition) is 2. The van der Waals surface area contributed by atoms with Crippen molar-refractivity contribution in [1.29, 1.82) is 0 Å². The molecule has 7 nitrogen and oxygen atoms in total. The molecule has 0 atom stereocenters. The molecule has 1 saturated carbocycles. The standard InChI is InChI=1S/C18H25N5O2.2ClH/c1-3-25-18-12(5-4-6-20-18)10-21-16-9-15(13-7-14(19)8-13)22-17(23-16)11-24-2;;/h4-6,9,13-14H,3,7-8,10-11,19H2,1-2H3,(H,21,22,23);2*1H. The van der Waals surface area contributed by atoms with Crippen LogP contribution in [0.2, 0.25) is 0 Å². The van der Waals surface area contributed by atoms with Gasteiger partial charge in [-0.25, -0.2) is 15.0 Å². The lowest BCUT2D eigenvalue weighted by Crippen LogP contribution is -2.35. The Hall–Kier alpha value is -1.67. The molecule has 1 fully saturated rings. The molecule has 9 heteroatoms. The van der Waals surface area contributed by atoms with Crippen LogP contribution in [-0.2, 0) is 17.9 Å². The Morgan fingerprint density at radius 2 is 2.04 bits per heavy atom. The summed E-state index contributed by atoms with van der Waals surface area (Å²) in [4.78, 5) is 13.4. The molecule has 27 heavy (non-hydrogen) atoms. The molecular weight excluding hydrogens is 389 g/mol. The van der Waals surface area contributed by atoms with E-state index in [0.717, 1.165) is 29.9 Å². The monoisotopic (exact) mass is 415 g/mol. The van der Waals surface area contributed by atoms with Crippen molar-refractivity contribution in [2.45, 2.75) is 44.9 Å². The van der Waals surface area contributed by atoms with Crippen molar-refractivity contribution in [1.82, 2.24) is 15.0 Å². The molecule has 0 saturated heterocycles.